The molecule has 1 aliphatic rings. The first-order valence-corrected chi connectivity index (χ1v) is 6.92. The fraction of sp³-hybridized carbons (Fsp3) is 0.846. The lowest BCUT2D eigenvalue weighted by Crippen LogP contribution is -2.55. The molecule has 1 heterocycles. The highest BCUT2D eigenvalue weighted by atomic mass is 16.5. The van der Waals surface area contributed by atoms with Gasteiger partial charge in [0.05, 0.1) is 11.6 Å². The van der Waals surface area contributed by atoms with Gasteiger partial charge in [-0.2, -0.15) is 0 Å². The van der Waals surface area contributed by atoms with Crippen LogP contribution in [0.5, 0.6) is 0 Å². The van der Waals surface area contributed by atoms with Gasteiger partial charge >= 0.3 is 0 Å². The molecule has 2 unspecified atom stereocenters. The Kier molecular flexibility index (Phi) is 6.08. The lowest BCUT2D eigenvalue weighted by atomic mass is 9.96. The summed E-state index contributed by atoms with van der Waals surface area (Å²) in [6.07, 6.45) is 5.19. The summed E-state index contributed by atoms with van der Waals surface area (Å²) in [6.45, 7) is 4.42. The molecule has 1 amide bonds. The van der Waals surface area contributed by atoms with Crippen molar-refractivity contribution in [2.45, 2.75) is 64.0 Å². The summed E-state index contributed by atoms with van der Waals surface area (Å²) >= 11 is 0. The highest BCUT2D eigenvalue weighted by Gasteiger charge is 2.29. The number of hydrogen-bond acceptors (Lipinski definition) is 4. The van der Waals surface area contributed by atoms with Gasteiger partial charge in [-0.3, -0.25) is 4.79 Å². The number of amides is 1. The molecule has 0 radical (unpaired) electrons. The average Bonchev–Trinajstić information content (AvgIpc) is 2.45. The Morgan fingerprint density at radius 2 is 2.32 bits per heavy atom. The maximum absolute atomic E-state index is 11.9. The van der Waals surface area contributed by atoms with Gasteiger partial charge in [-0.25, -0.2) is 0 Å². The number of rotatable bonds is 6. The van der Waals surface area contributed by atoms with Gasteiger partial charge in [-0.05, 0) is 39.0 Å². The summed E-state index contributed by atoms with van der Waals surface area (Å²) < 4.78 is 5.58. The van der Waals surface area contributed by atoms with E-state index < -0.39 is 5.54 Å². The Bertz CT molecular complexity index is 327. The van der Waals surface area contributed by atoms with Crippen LogP contribution in [0.15, 0.2) is 5.16 Å². The Labute approximate surface area is 114 Å². The van der Waals surface area contributed by atoms with E-state index in [9.17, 15) is 4.79 Å². The molecule has 0 bridgehead atoms. The maximum Gasteiger partial charge on any atom is 0.220 e. The van der Waals surface area contributed by atoms with E-state index in [1.54, 1.807) is 6.92 Å². The fourth-order valence-corrected chi connectivity index (χ4v) is 2.14. The summed E-state index contributed by atoms with van der Waals surface area (Å²) in [5, 5.41) is 14.6. The molecule has 0 aliphatic carbocycles. The van der Waals surface area contributed by atoms with Crippen LogP contribution >= 0.6 is 0 Å². The number of nitrogens with zero attached hydrogens (tertiary/aromatic N) is 1. The van der Waals surface area contributed by atoms with Gasteiger partial charge in [0, 0.05) is 13.0 Å². The third-order valence-corrected chi connectivity index (χ3v) is 3.76. The van der Waals surface area contributed by atoms with E-state index in [1.807, 2.05) is 6.92 Å². The smallest absolute Gasteiger partial charge is 0.220 e. The lowest BCUT2D eigenvalue weighted by Gasteiger charge is -2.28. The Morgan fingerprint density at radius 3 is 2.84 bits per heavy atom. The molecule has 19 heavy (non-hydrogen) atoms. The quantitative estimate of drug-likeness (QED) is 0.294. The highest BCUT2D eigenvalue weighted by molar-refractivity contribution is 5.93. The first-order valence-electron chi connectivity index (χ1n) is 6.92. The standard InChI is InChI=1S/C13H25N3O3/c1-3-13(2,12(14)16-18)15-11(17)8-7-10-6-4-5-9-19-10/h10,18H,3-9H2,1-2H3,(H2,14,16)(H,15,17). The van der Waals surface area contributed by atoms with Gasteiger partial charge in [-0.1, -0.05) is 12.1 Å². The van der Waals surface area contributed by atoms with E-state index in [0.29, 0.717) is 12.8 Å². The van der Waals surface area contributed by atoms with Crippen molar-refractivity contribution in [3.63, 3.8) is 0 Å². The molecule has 0 spiro atoms. The van der Waals surface area contributed by atoms with E-state index in [0.717, 1.165) is 25.9 Å². The van der Waals surface area contributed by atoms with Crippen molar-refractivity contribution in [1.82, 2.24) is 5.32 Å². The van der Waals surface area contributed by atoms with Crippen molar-refractivity contribution in [1.29, 1.82) is 0 Å². The number of nitrogens with one attached hydrogen (secondary N) is 1. The SMILES string of the molecule is CCC(C)(NC(=O)CCC1CCCCO1)C(N)=NO. The molecule has 2 atom stereocenters. The second kappa shape index (κ2) is 7.33. The van der Waals surface area contributed by atoms with Crippen molar-refractivity contribution < 1.29 is 14.7 Å². The Morgan fingerprint density at radius 1 is 1.58 bits per heavy atom. The number of amidine groups is 1. The van der Waals surface area contributed by atoms with Crippen LogP contribution in [0.2, 0.25) is 0 Å². The molecule has 0 aromatic heterocycles. The highest BCUT2D eigenvalue weighted by Crippen LogP contribution is 2.17. The second-order valence-electron chi connectivity index (χ2n) is 5.25. The minimum atomic E-state index is -0.792. The number of oxime groups is 1. The first-order chi connectivity index (χ1) is 9.01. The molecule has 110 valence electrons. The molecule has 1 saturated heterocycles. The van der Waals surface area contributed by atoms with Crippen molar-refractivity contribution in [2.75, 3.05) is 6.61 Å². The molecular weight excluding hydrogens is 246 g/mol. The first kappa shape index (κ1) is 15.8. The van der Waals surface area contributed by atoms with E-state index in [2.05, 4.69) is 10.5 Å². The maximum atomic E-state index is 11.9. The molecule has 1 fully saturated rings. The van der Waals surface area contributed by atoms with Crippen LogP contribution in [0.3, 0.4) is 0 Å². The molecule has 1 rings (SSSR count). The number of carbonyl (C=O) groups is 1. The normalized spacial score (nSPS) is 23.7. The van der Waals surface area contributed by atoms with E-state index in [1.165, 1.54) is 6.42 Å². The number of ether oxygens (including phenoxy) is 1. The van der Waals surface area contributed by atoms with Crippen LogP contribution < -0.4 is 11.1 Å². The van der Waals surface area contributed by atoms with Gasteiger partial charge in [0.2, 0.25) is 5.91 Å². The van der Waals surface area contributed by atoms with Gasteiger partial charge < -0.3 is 21.0 Å². The van der Waals surface area contributed by atoms with Gasteiger partial charge in [0.15, 0.2) is 5.84 Å². The third-order valence-electron chi connectivity index (χ3n) is 3.76. The molecule has 4 N–H and O–H groups in total. The zero-order valence-electron chi connectivity index (χ0n) is 11.8. The van der Waals surface area contributed by atoms with Crippen molar-refractivity contribution in [3.8, 4) is 0 Å². The van der Waals surface area contributed by atoms with Crippen LogP contribution in [-0.2, 0) is 9.53 Å². The molecule has 0 saturated carbocycles. The minimum Gasteiger partial charge on any atom is -0.409 e. The summed E-state index contributed by atoms with van der Waals surface area (Å²) in [4.78, 5) is 11.9. The molecular formula is C13H25N3O3. The topological polar surface area (TPSA) is 96.9 Å². The fourth-order valence-electron chi connectivity index (χ4n) is 2.14. The van der Waals surface area contributed by atoms with Crippen LogP contribution in [0.1, 0.15) is 52.4 Å². The van der Waals surface area contributed by atoms with Crippen molar-refractivity contribution in [2.24, 2.45) is 10.9 Å². The molecule has 1 aliphatic heterocycles. The van der Waals surface area contributed by atoms with Gasteiger partial charge in [0.1, 0.15) is 0 Å². The number of carbonyl (C=O) groups excluding carboxylic acids is 1. The predicted molar refractivity (Wildman–Crippen MR) is 73.1 cm³/mol. The largest absolute Gasteiger partial charge is 0.409 e. The summed E-state index contributed by atoms with van der Waals surface area (Å²) in [5.41, 5.74) is 4.82. The van der Waals surface area contributed by atoms with Crippen LogP contribution in [0.4, 0.5) is 0 Å². The molecule has 6 heteroatoms. The monoisotopic (exact) mass is 271 g/mol. The Hall–Kier alpha value is -1.30. The third kappa shape index (κ3) is 4.70. The number of nitrogens with two attached hydrogens (primary N) is 1. The predicted octanol–water partition coefficient (Wildman–Crippen LogP) is 1.37. The van der Waals surface area contributed by atoms with Crippen molar-refractivity contribution >= 4 is 11.7 Å². The summed E-state index contributed by atoms with van der Waals surface area (Å²) in [7, 11) is 0. The minimum absolute atomic E-state index is 0.0252. The summed E-state index contributed by atoms with van der Waals surface area (Å²) in [6, 6.07) is 0. The van der Waals surface area contributed by atoms with Crippen LogP contribution in [0, 0.1) is 0 Å². The van der Waals surface area contributed by atoms with Crippen LogP contribution in [0.25, 0.3) is 0 Å². The van der Waals surface area contributed by atoms with E-state index in [-0.39, 0.29) is 17.8 Å². The van der Waals surface area contributed by atoms with E-state index in [4.69, 9.17) is 15.7 Å². The zero-order valence-corrected chi connectivity index (χ0v) is 11.8. The van der Waals surface area contributed by atoms with Gasteiger partial charge in [-0.15, -0.1) is 0 Å². The van der Waals surface area contributed by atoms with Crippen LogP contribution in [-0.4, -0.2) is 35.2 Å². The lowest BCUT2D eigenvalue weighted by molar-refractivity contribution is -0.123. The molecule has 0 aromatic carbocycles. The van der Waals surface area contributed by atoms with Gasteiger partial charge in [0.25, 0.3) is 0 Å². The molecule has 0 aromatic rings. The second-order valence-corrected chi connectivity index (χ2v) is 5.25. The molecule has 6 nitrogen and oxygen atoms in total. The Balaban J connectivity index is 2.40. The van der Waals surface area contributed by atoms with E-state index >= 15 is 0 Å². The number of hydrogen-bond donors (Lipinski definition) is 3. The summed E-state index contributed by atoms with van der Waals surface area (Å²) in [5.74, 6) is -0.0672. The van der Waals surface area contributed by atoms with Crippen molar-refractivity contribution in [3.05, 3.63) is 0 Å². The average molecular weight is 271 g/mol. The zero-order chi connectivity index (χ0) is 14.3.